The monoisotopic (exact) mass is 499 g/mol. The fourth-order valence-corrected chi connectivity index (χ4v) is 4.38. The number of sulfone groups is 1. The van der Waals surface area contributed by atoms with Gasteiger partial charge >= 0.3 is 0 Å². The Balaban J connectivity index is 0.00000338. The molecule has 0 aliphatic carbocycles. The number of benzene rings is 1. The molecule has 0 amide bonds. The molecular formula is C16H26IN3O5S. The Morgan fingerprint density at radius 1 is 1.15 bits per heavy atom. The summed E-state index contributed by atoms with van der Waals surface area (Å²) in [4.78, 5) is 4.15. The number of methoxy groups -OCH3 is 3. The molecule has 0 aromatic heterocycles. The SMILES string of the molecule is CN=C(NCc1cc(OC)c(OC)cc1OC)NC1CCS(=O)(=O)C1.I. The zero-order valence-corrected chi connectivity index (χ0v) is 18.5. The minimum absolute atomic E-state index is 0. The van der Waals surface area contributed by atoms with Crippen LogP contribution in [-0.4, -0.2) is 60.3 Å². The summed E-state index contributed by atoms with van der Waals surface area (Å²) < 4.78 is 39.1. The van der Waals surface area contributed by atoms with Crippen molar-refractivity contribution in [1.29, 1.82) is 0 Å². The minimum Gasteiger partial charge on any atom is -0.496 e. The molecule has 1 unspecified atom stereocenters. The molecule has 1 aromatic rings. The highest BCUT2D eigenvalue weighted by Crippen LogP contribution is 2.34. The number of rotatable bonds is 6. The molecule has 1 aliphatic rings. The van der Waals surface area contributed by atoms with Gasteiger partial charge in [0.2, 0.25) is 0 Å². The van der Waals surface area contributed by atoms with Crippen molar-refractivity contribution in [3.63, 3.8) is 0 Å². The van der Waals surface area contributed by atoms with Crippen molar-refractivity contribution in [2.24, 2.45) is 4.99 Å². The molecule has 0 spiro atoms. The van der Waals surface area contributed by atoms with Crippen molar-refractivity contribution >= 4 is 39.8 Å². The van der Waals surface area contributed by atoms with Crippen LogP contribution in [-0.2, 0) is 16.4 Å². The van der Waals surface area contributed by atoms with E-state index in [1.54, 1.807) is 34.4 Å². The van der Waals surface area contributed by atoms with Crippen LogP contribution in [0, 0.1) is 0 Å². The third kappa shape index (κ3) is 5.79. The summed E-state index contributed by atoms with van der Waals surface area (Å²) in [5, 5.41) is 6.31. The topological polar surface area (TPSA) is 98.2 Å². The van der Waals surface area contributed by atoms with Gasteiger partial charge in [0.15, 0.2) is 27.3 Å². The van der Waals surface area contributed by atoms with Gasteiger partial charge in [-0.15, -0.1) is 24.0 Å². The smallest absolute Gasteiger partial charge is 0.191 e. The zero-order valence-electron chi connectivity index (χ0n) is 15.4. The first-order valence-electron chi connectivity index (χ1n) is 7.89. The van der Waals surface area contributed by atoms with Crippen molar-refractivity contribution in [1.82, 2.24) is 10.6 Å². The fourth-order valence-electron chi connectivity index (χ4n) is 2.71. The van der Waals surface area contributed by atoms with Crippen LogP contribution in [0.4, 0.5) is 0 Å². The Labute approximate surface area is 171 Å². The first-order chi connectivity index (χ1) is 11.9. The minimum atomic E-state index is -2.94. The summed E-state index contributed by atoms with van der Waals surface area (Å²) in [6, 6.07) is 3.47. The largest absolute Gasteiger partial charge is 0.496 e. The molecule has 8 nitrogen and oxygen atoms in total. The number of nitrogens with zero attached hydrogens (tertiary/aromatic N) is 1. The second kappa shape index (κ2) is 10.0. The molecular weight excluding hydrogens is 473 g/mol. The standard InChI is InChI=1S/C16H25N3O5S.HI/c1-17-16(19-12-5-6-25(20,21)10-12)18-9-11-7-14(23-3)15(24-4)8-13(11)22-2;/h7-8,12H,5-6,9-10H2,1-4H3,(H2,17,18,19);1H. The molecule has 1 heterocycles. The summed E-state index contributed by atoms with van der Waals surface area (Å²) in [6.45, 7) is 0.433. The van der Waals surface area contributed by atoms with Gasteiger partial charge in [0.25, 0.3) is 0 Å². The van der Waals surface area contributed by atoms with Crippen LogP contribution in [0.5, 0.6) is 17.2 Å². The van der Waals surface area contributed by atoms with Crippen molar-refractivity contribution in [2.45, 2.75) is 19.0 Å². The lowest BCUT2D eigenvalue weighted by Gasteiger charge is -2.18. The number of ether oxygens (including phenoxy) is 3. The van der Waals surface area contributed by atoms with Gasteiger partial charge in [-0.3, -0.25) is 4.99 Å². The second-order valence-electron chi connectivity index (χ2n) is 5.69. The highest BCUT2D eigenvalue weighted by molar-refractivity contribution is 14.0. The van der Waals surface area contributed by atoms with E-state index in [1.165, 1.54) is 0 Å². The van der Waals surface area contributed by atoms with E-state index in [1.807, 2.05) is 6.07 Å². The lowest BCUT2D eigenvalue weighted by Crippen LogP contribution is -2.43. The summed E-state index contributed by atoms with van der Waals surface area (Å²) in [5.74, 6) is 2.73. The Hall–Kier alpha value is -1.43. The first-order valence-corrected chi connectivity index (χ1v) is 9.71. The van der Waals surface area contributed by atoms with Gasteiger partial charge in [-0.05, 0) is 12.5 Å². The Morgan fingerprint density at radius 2 is 1.77 bits per heavy atom. The van der Waals surface area contributed by atoms with Crippen molar-refractivity contribution in [3.05, 3.63) is 17.7 Å². The molecule has 1 saturated heterocycles. The van der Waals surface area contributed by atoms with Crippen LogP contribution in [0.25, 0.3) is 0 Å². The predicted molar refractivity (Wildman–Crippen MR) is 112 cm³/mol. The second-order valence-corrected chi connectivity index (χ2v) is 7.92. The van der Waals surface area contributed by atoms with E-state index < -0.39 is 9.84 Å². The maximum absolute atomic E-state index is 11.6. The third-order valence-corrected chi connectivity index (χ3v) is 5.80. The summed E-state index contributed by atoms with van der Waals surface area (Å²) in [7, 11) is 3.43. The van der Waals surface area contributed by atoms with Crippen molar-refractivity contribution < 1.29 is 22.6 Å². The normalized spacial score (nSPS) is 18.6. The van der Waals surface area contributed by atoms with E-state index in [0.29, 0.717) is 36.2 Å². The van der Waals surface area contributed by atoms with E-state index in [-0.39, 0.29) is 41.5 Å². The van der Waals surface area contributed by atoms with Gasteiger partial charge in [0.05, 0.1) is 32.8 Å². The lowest BCUT2D eigenvalue weighted by atomic mass is 10.1. The number of hydrogen-bond acceptors (Lipinski definition) is 6. The van der Waals surface area contributed by atoms with Gasteiger partial charge in [-0.2, -0.15) is 0 Å². The Bertz CT molecular complexity index is 740. The maximum Gasteiger partial charge on any atom is 0.191 e. The van der Waals surface area contributed by atoms with E-state index in [2.05, 4.69) is 15.6 Å². The van der Waals surface area contributed by atoms with Crippen LogP contribution in [0.1, 0.15) is 12.0 Å². The molecule has 1 atom stereocenters. The zero-order chi connectivity index (χ0) is 18.4. The molecule has 1 aliphatic heterocycles. The maximum atomic E-state index is 11.6. The molecule has 26 heavy (non-hydrogen) atoms. The van der Waals surface area contributed by atoms with Crippen LogP contribution in [0.2, 0.25) is 0 Å². The highest BCUT2D eigenvalue weighted by Gasteiger charge is 2.28. The van der Waals surface area contributed by atoms with Gasteiger partial charge < -0.3 is 24.8 Å². The molecule has 1 fully saturated rings. The number of nitrogens with one attached hydrogen (secondary N) is 2. The summed E-state index contributed by atoms with van der Waals surface area (Å²) >= 11 is 0. The molecule has 0 bridgehead atoms. The van der Waals surface area contributed by atoms with Crippen LogP contribution in [0.15, 0.2) is 17.1 Å². The van der Waals surface area contributed by atoms with E-state index >= 15 is 0 Å². The van der Waals surface area contributed by atoms with E-state index in [9.17, 15) is 8.42 Å². The van der Waals surface area contributed by atoms with E-state index in [4.69, 9.17) is 14.2 Å². The van der Waals surface area contributed by atoms with Gasteiger partial charge in [-0.25, -0.2) is 8.42 Å². The quantitative estimate of drug-likeness (QED) is 0.345. The van der Waals surface area contributed by atoms with Crippen LogP contribution in [0.3, 0.4) is 0 Å². The van der Waals surface area contributed by atoms with Crippen LogP contribution >= 0.6 is 24.0 Å². The summed E-state index contributed by atoms with van der Waals surface area (Å²) in [5.41, 5.74) is 0.863. The summed E-state index contributed by atoms with van der Waals surface area (Å²) in [6.07, 6.45) is 0.586. The molecule has 148 valence electrons. The van der Waals surface area contributed by atoms with Crippen molar-refractivity contribution in [3.8, 4) is 17.2 Å². The van der Waals surface area contributed by atoms with Crippen LogP contribution < -0.4 is 24.8 Å². The molecule has 2 N–H and O–H groups in total. The number of halogens is 1. The Kier molecular flexibility index (Phi) is 8.74. The van der Waals surface area contributed by atoms with Gasteiger partial charge in [-0.1, -0.05) is 0 Å². The molecule has 2 rings (SSSR count). The third-order valence-electron chi connectivity index (χ3n) is 4.03. The lowest BCUT2D eigenvalue weighted by molar-refractivity contribution is 0.347. The van der Waals surface area contributed by atoms with Gasteiger partial charge in [0.1, 0.15) is 5.75 Å². The number of guanidine groups is 1. The average molecular weight is 499 g/mol. The molecule has 1 aromatic carbocycles. The average Bonchev–Trinajstić information content (AvgIpc) is 2.96. The molecule has 0 radical (unpaired) electrons. The number of aliphatic imine (C=N–C) groups is 1. The molecule has 0 saturated carbocycles. The number of hydrogen-bond donors (Lipinski definition) is 2. The van der Waals surface area contributed by atoms with E-state index in [0.717, 1.165) is 5.56 Å². The Morgan fingerprint density at radius 3 is 2.27 bits per heavy atom. The first kappa shape index (κ1) is 22.6. The van der Waals surface area contributed by atoms with Crippen molar-refractivity contribution in [2.75, 3.05) is 39.9 Å². The van der Waals surface area contributed by atoms with Gasteiger partial charge in [0, 0.05) is 31.3 Å². The fraction of sp³-hybridized carbons (Fsp3) is 0.562. The predicted octanol–water partition coefficient (Wildman–Crippen LogP) is 1.18. The molecule has 10 heteroatoms. The highest BCUT2D eigenvalue weighted by atomic mass is 127.